The predicted octanol–water partition coefficient (Wildman–Crippen LogP) is 2.45. The summed E-state index contributed by atoms with van der Waals surface area (Å²) in [6.07, 6.45) is 0. The minimum absolute atomic E-state index is 0.191. The normalized spacial score (nSPS) is 14.1. The molecule has 0 aliphatic carbocycles. The SMILES string of the molecule is O=C1CNc2ccc3ccccc3c21. The van der Waals surface area contributed by atoms with Crippen molar-refractivity contribution >= 4 is 22.2 Å². The van der Waals surface area contributed by atoms with Crippen molar-refractivity contribution in [2.75, 3.05) is 11.9 Å². The number of ketones is 1. The molecule has 2 aromatic rings. The zero-order chi connectivity index (χ0) is 9.54. The smallest absolute Gasteiger partial charge is 0.184 e. The van der Waals surface area contributed by atoms with Crippen molar-refractivity contribution in [2.24, 2.45) is 0 Å². The molecule has 2 aromatic carbocycles. The average Bonchev–Trinajstić information content (AvgIpc) is 2.61. The lowest BCUT2D eigenvalue weighted by Crippen LogP contribution is -2.00. The van der Waals surface area contributed by atoms with Crippen LogP contribution < -0.4 is 5.32 Å². The Labute approximate surface area is 81.5 Å². The van der Waals surface area contributed by atoms with Crippen LogP contribution in [0.1, 0.15) is 10.4 Å². The van der Waals surface area contributed by atoms with E-state index in [0.717, 1.165) is 22.0 Å². The molecule has 2 nitrogen and oxygen atoms in total. The van der Waals surface area contributed by atoms with Crippen LogP contribution in [0.2, 0.25) is 0 Å². The lowest BCUT2D eigenvalue weighted by molar-refractivity contribution is 0.101. The molecule has 2 heteroatoms. The molecule has 0 amide bonds. The van der Waals surface area contributed by atoms with E-state index in [1.165, 1.54) is 0 Å². The Morgan fingerprint density at radius 3 is 2.86 bits per heavy atom. The van der Waals surface area contributed by atoms with Crippen molar-refractivity contribution in [3.05, 3.63) is 42.0 Å². The van der Waals surface area contributed by atoms with Crippen LogP contribution in [0.4, 0.5) is 5.69 Å². The van der Waals surface area contributed by atoms with E-state index in [-0.39, 0.29) is 5.78 Å². The number of fused-ring (bicyclic) bond motifs is 3. The highest BCUT2D eigenvalue weighted by atomic mass is 16.1. The minimum atomic E-state index is 0.191. The summed E-state index contributed by atoms with van der Waals surface area (Å²) in [5, 5.41) is 5.28. The second-order valence-corrected chi connectivity index (χ2v) is 3.49. The second kappa shape index (κ2) is 2.58. The highest BCUT2D eigenvalue weighted by Gasteiger charge is 2.20. The van der Waals surface area contributed by atoms with E-state index in [0.29, 0.717) is 6.54 Å². The summed E-state index contributed by atoms with van der Waals surface area (Å²) in [6, 6.07) is 12.0. The van der Waals surface area contributed by atoms with Gasteiger partial charge < -0.3 is 5.32 Å². The molecule has 1 N–H and O–H groups in total. The molecule has 68 valence electrons. The van der Waals surface area contributed by atoms with Gasteiger partial charge in [-0.3, -0.25) is 4.79 Å². The van der Waals surface area contributed by atoms with E-state index in [1.54, 1.807) is 0 Å². The summed E-state index contributed by atoms with van der Waals surface area (Å²) in [5.41, 5.74) is 1.82. The van der Waals surface area contributed by atoms with Gasteiger partial charge in [0.15, 0.2) is 5.78 Å². The molecule has 0 saturated carbocycles. The maximum atomic E-state index is 11.6. The Morgan fingerprint density at radius 1 is 1.07 bits per heavy atom. The molecule has 0 bridgehead atoms. The number of nitrogens with one attached hydrogen (secondary N) is 1. The third-order valence-electron chi connectivity index (χ3n) is 2.65. The van der Waals surface area contributed by atoms with Crippen molar-refractivity contribution in [2.45, 2.75) is 0 Å². The molecule has 1 aliphatic rings. The van der Waals surface area contributed by atoms with E-state index in [9.17, 15) is 4.79 Å². The van der Waals surface area contributed by atoms with Gasteiger partial charge in [0.1, 0.15) is 0 Å². The molecule has 0 radical (unpaired) electrons. The number of anilines is 1. The van der Waals surface area contributed by atoms with Crippen molar-refractivity contribution in [3.8, 4) is 0 Å². The Hall–Kier alpha value is -1.83. The fourth-order valence-corrected chi connectivity index (χ4v) is 1.98. The monoisotopic (exact) mass is 183 g/mol. The van der Waals surface area contributed by atoms with Gasteiger partial charge in [0, 0.05) is 5.69 Å². The van der Waals surface area contributed by atoms with Crippen LogP contribution in [0.5, 0.6) is 0 Å². The number of hydrogen-bond donors (Lipinski definition) is 1. The molecule has 0 aromatic heterocycles. The first-order valence-corrected chi connectivity index (χ1v) is 4.65. The standard InChI is InChI=1S/C12H9NO/c14-11-7-13-10-6-5-8-3-1-2-4-9(8)12(10)11/h1-6,13H,7H2. The van der Waals surface area contributed by atoms with Gasteiger partial charge in [0.25, 0.3) is 0 Å². The van der Waals surface area contributed by atoms with E-state index >= 15 is 0 Å². The van der Waals surface area contributed by atoms with Crippen LogP contribution in [0.15, 0.2) is 36.4 Å². The summed E-state index contributed by atoms with van der Waals surface area (Å²) in [4.78, 5) is 11.6. The van der Waals surface area contributed by atoms with Crippen molar-refractivity contribution in [1.29, 1.82) is 0 Å². The Kier molecular flexibility index (Phi) is 1.39. The van der Waals surface area contributed by atoms with Gasteiger partial charge in [-0.15, -0.1) is 0 Å². The molecule has 14 heavy (non-hydrogen) atoms. The third-order valence-corrected chi connectivity index (χ3v) is 2.65. The zero-order valence-electron chi connectivity index (χ0n) is 7.58. The molecule has 1 aliphatic heterocycles. The first-order valence-electron chi connectivity index (χ1n) is 4.65. The number of rotatable bonds is 0. The van der Waals surface area contributed by atoms with Crippen LogP contribution in [-0.4, -0.2) is 12.3 Å². The number of benzene rings is 2. The van der Waals surface area contributed by atoms with Gasteiger partial charge in [-0.1, -0.05) is 30.3 Å². The quantitative estimate of drug-likeness (QED) is 0.679. The highest BCUT2D eigenvalue weighted by molar-refractivity contribution is 6.17. The van der Waals surface area contributed by atoms with Gasteiger partial charge in [-0.2, -0.15) is 0 Å². The minimum Gasteiger partial charge on any atom is -0.377 e. The first-order chi connectivity index (χ1) is 6.86. The van der Waals surface area contributed by atoms with E-state index in [1.807, 2.05) is 36.4 Å². The maximum absolute atomic E-state index is 11.6. The molecular weight excluding hydrogens is 174 g/mol. The van der Waals surface area contributed by atoms with Crippen LogP contribution in [-0.2, 0) is 0 Å². The number of carbonyl (C=O) groups is 1. The largest absolute Gasteiger partial charge is 0.377 e. The fraction of sp³-hybridized carbons (Fsp3) is 0.0833. The second-order valence-electron chi connectivity index (χ2n) is 3.49. The van der Waals surface area contributed by atoms with E-state index in [2.05, 4.69) is 5.32 Å². The topological polar surface area (TPSA) is 29.1 Å². The average molecular weight is 183 g/mol. The van der Waals surface area contributed by atoms with Crippen LogP contribution >= 0.6 is 0 Å². The molecule has 0 unspecified atom stereocenters. The zero-order valence-corrected chi connectivity index (χ0v) is 7.58. The number of carbonyl (C=O) groups excluding carboxylic acids is 1. The van der Waals surface area contributed by atoms with Crippen LogP contribution in [0.25, 0.3) is 10.8 Å². The lowest BCUT2D eigenvalue weighted by atomic mass is 10.0. The molecule has 0 fully saturated rings. The molecular formula is C12H9NO. The number of Topliss-reactive ketones (excluding diaryl/α,β-unsaturated/α-hetero) is 1. The van der Waals surface area contributed by atoms with Gasteiger partial charge in [-0.25, -0.2) is 0 Å². The summed E-state index contributed by atoms with van der Waals surface area (Å²) in [6.45, 7) is 0.434. The van der Waals surface area contributed by atoms with Crippen molar-refractivity contribution in [1.82, 2.24) is 0 Å². The molecule has 0 atom stereocenters. The van der Waals surface area contributed by atoms with E-state index in [4.69, 9.17) is 0 Å². The lowest BCUT2D eigenvalue weighted by Gasteiger charge is -2.02. The van der Waals surface area contributed by atoms with Gasteiger partial charge in [-0.05, 0) is 16.8 Å². The first kappa shape index (κ1) is 7.56. The molecule has 0 saturated heterocycles. The molecule has 3 rings (SSSR count). The summed E-state index contributed by atoms with van der Waals surface area (Å²) < 4.78 is 0. The van der Waals surface area contributed by atoms with E-state index < -0.39 is 0 Å². The molecule has 1 heterocycles. The Balaban J connectivity index is 2.47. The summed E-state index contributed by atoms with van der Waals surface area (Å²) in [7, 11) is 0. The van der Waals surface area contributed by atoms with Gasteiger partial charge in [0.2, 0.25) is 0 Å². The molecule has 0 spiro atoms. The number of hydrogen-bond acceptors (Lipinski definition) is 2. The Morgan fingerprint density at radius 2 is 1.93 bits per heavy atom. The summed E-state index contributed by atoms with van der Waals surface area (Å²) >= 11 is 0. The van der Waals surface area contributed by atoms with Crippen molar-refractivity contribution in [3.63, 3.8) is 0 Å². The van der Waals surface area contributed by atoms with Crippen LogP contribution in [0, 0.1) is 0 Å². The summed E-state index contributed by atoms with van der Waals surface area (Å²) in [5.74, 6) is 0.191. The Bertz CT molecular complexity index is 531. The highest BCUT2D eigenvalue weighted by Crippen LogP contribution is 2.29. The van der Waals surface area contributed by atoms with Gasteiger partial charge >= 0.3 is 0 Å². The predicted molar refractivity (Wildman–Crippen MR) is 56.8 cm³/mol. The van der Waals surface area contributed by atoms with Crippen molar-refractivity contribution < 1.29 is 4.79 Å². The maximum Gasteiger partial charge on any atom is 0.184 e. The van der Waals surface area contributed by atoms with Gasteiger partial charge in [0.05, 0.1) is 12.1 Å². The fourth-order valence-electron chi connectivity index (χ4n) is 1.98. The third kappa shape index (κ3) is 0.880. The van der Waals surface area contributed by atoms with Crippen LogP contribution in [0.3, 0.4) is 0 Å².